The van der Waals surface area contributed by atoms with Crippen molar-refractivity contribution in [3.05, 3.63) is 65.4 Å². The molecule has 0 aliphatic carbocycles. The fourth-order valence-electron chi connectivity index (χ4n) is 5.29. The largest absolute Gasteiger partial charge is 0.394 e. The Morgan fingerprint density at radius 3 is 2.49 bits per heavy atom. The van der Waals surface area contributed by atoms with Gasteiger partial charge in [-0.05, 0) is 30.3 Å². The molecule has 2 saturated heterocycles. The summed E-state index contributed by atoms with van der Waals surface area (Å²) in [4.78, 5) is 15.2. The second-order valence-electron chi connectivity index (χ2n) is 9.99. The molecule has 2 aliphatic heterocycles. The van der Waals surface area contributed by atoms with Crippen molar-refractivity contribution in [2.75, 3.05) is 31.8 Å². The van der Waals surface area contributed by atoms with Gasteiger partial charge in [0, 0.05) is 18.4 Å². The zero-order valence-electron chi connectivity index (χ0n) is 22.3. The average molecular weight is 608 g/mol. The second-order valence-corrected chi connectivity index (χ2v) is 9.99. The lowest BCUT2D eigenvalue weighted by atomic mass is 9.91. The molecule has 3 heterocycles. The lowest BCUT2D eigenvalue weighted by Crippen LogP contribution is -2.63. The highest BCUT2D eigenvalue weighted by atomic mass is 19.2. The van der Waals surface area contributed by atoms with Crippen molar-refractivity contribution in [2.24, 2.45) is 0 Å². The number of ether oxygens (including phenoxy) is 3. The van der Waals surface area contributed by atoms with Crippen LogP contribution in [0.2, 0.25) is 0 Å². The van der Waals surface area contributed by atoms with Gasteiger partial charge in [-0.2, -0.15) is 5.26 Å². The summed E-state index contributed by atoms with van der Waals surface area (Å²) in [6.07, 6.45) is -5.98. The SMILES string of the molecule is CO[C@@H]1[C@@H](n2cc(-c3cc(F)c(F)c(F)c3)nn2)[C@@H](O)[C@@H](CO)O[C@H]1C(=O)N(c1cc(F)cc(C#N)c1)[C@H]1COC[C@@H]1O. The standard InChI is InChI=1S/C27H25F4N5O7/c1-41-25-23(35-8-18(33-34-35)13-4-16(29)22(31)17(30)5-13)24(39)21(9-37)43-26(25)27(40)36(19-10-42-11-20(19)38)15-3-12(7-32)2-14(28)6-15/h2-6,8,19-21,23-26,37-39H,9-11H2,1H3/t19-,20-,21+,23-,24-,25+,26+/m0/s1. The number of methoxy groups -OCH3 is 1. The lowest BCUT2D eigenvalue weighted by molar-refractivity contribution is -0.211. The number of nitrogens with zero attached hydrogens (tertiary/aromatic N) is 5. The zero-order valence-corrected chi connectivity index (χ0v) is 22.3. The highest BCUT2D eigenvalue weighted by Gasteiger charge is 2.52. The van der Waals surface area contributed by atoms with Crippen LogP contribution in [-0.4, -0.2) is 99.7 Å². The molecule has 2 fully saturated rings. The predicted molar refractivity (Wildman–Crippen MR) is 136 cm³/mol. The van der Waals surface area contributed by atoms with Gasteiger partial charge in [0.1, 0.15) is 42.0 Å². The topological polar surface area (TPSA) is 163 Å². The first-order valence-corrected chi connectivity index (χ1v) is 12.9. The van der Waals surface area contributed by atoms with Crippen LogP contribution in [0.25, 0.3) is 11.3 Å². The van der Waals surface area contributed by atoms with Crippen LogP contribution in [0, 0.1) is 34.6 Å². The number of carbonyl (C=O) groups is 1. The fourth-order valence-corrected chi connectivity index (χ4v) is 5.29. The lowest BCUT2D eigenvalue weighted by Gasteiger charge is -2.45. The molecule has 43 heavy (non-hydrogen) atoms. The summed E-state index contributed by atoms with van der Waals surface area (Å²) < 4.78 is 73.4. The summed E-state index contributed by atoms with van der Waals surface area (Å²) in [5.41, 5.74) is -0.503. The molecule has 2 aliphatic rings. The van der Waals surface area contributed by atoms with E-state index in [2.05, 4.69) is 10.3 Å². The molecule has 7 atom stereocenters. The van der Waals surface area contributed by atoms with Gasteiger partial charge < -0.3 is 34.4 Å². The number of amides is 1. The molecular weight excluding hydrogens is 582 g/mol. The Hall–Kier alpha value is -3.98. The number of anilines is 1. The van der Waals surface area contributed by atoms with E-state index in [-0.39, 0.29) is 35.7 Å². The number of hydrogen-bond donors (Lipinski definition) is 3. The molecule has 1 aromatic heterocycles. The van der Waals surface area contributed by atoms with Crippen LogP contribution in [-0.2, 0) is 19.0 Å². The molecular formula is C27H25F4N5O7. The Morgan fingerprint density at radius 1 is 1.16 bits per heavy atom. The monoisotopic (exact) mass is 607 g/mol. The maximum atomic E-state index is 14.5. The summed E-state index contributed by atoms with van der Waals surface area (Å²) in [5.74, 6) is -6.34. The minimum absolute atomic E-state index is 0.0961. The molecule has 0 bridgehead atoms. The second kappa shape index (κ2) is 12.3. The number of carbonyl (C=O) groups excluding carboxylic acids is 1. The quantitative estimate of drug-likeness (QED) is 0.259. The number of aliphatic hydroxyl groups is 3. The first-order valence-electron chi connectivity index (χ1n) is 12.9. The van der Waals surface area contributed by atoms with Crippen molar-refractivity contribution < 1.29 is 51.9 Å². The third-order valence-corrected chi connectivity index (χ3v) is 7.36. The van der Waals surface area contributed by atoms with Crippen molar-refractivity contribution in [1.29, 1.82) is 5.26 Å². The minimum atomic E-state index is -1.68. The molecule has 3 aromatic rings. The molecule has 228 valence electrons. The first-order chi connectivity index (χ1) is 20.6. The third-order valence-electron chi connectivity index (χ3n) is 7.36. The van der Waals surface area contributed by atoms with Crippen molar-refractivity contribution in [3.63, 3.8) is 0 Å². The number of nitriles is 1. The van der Waals surface area contributed by atoms with E-state index < -0.39 is 78.4 Å². The van der Waals surface area contributed by atoms with Gasteiger partial charge in [-0.15, -0.1) is 5.10 Å². The van der Waals surface area contributed by atoms with Crippen LogP contribution in [0.3, 0.4) is 0 Å². The van der Waals surface area contributed by atoms with Gasteiger partial charge in [0.15, 0.2) is 23.6 Å². The van der Waals surface area contributed by atoms with E-state index in [9.17, 15) is 42.9 Å². The maximum Gasteiger partial charge on any atom is 0.259 e. The van der Waals surface area contributed by atoms with Crippen molar-refractivity contribution in [3.8, 4) is 17.3 Å². The maximum absolute atomic E-state index is 14.5. The molecule has 1 amide bonds. The van der Waals surface area contributed by atoms with Crippen molar-refractivity contribution in [2.45, 2.75) is 42.6 Å². The van der Waals surface area contributed by atoms with Crippen LogP contribution in [0.4, 0.5) is 23.2 Å². The average Bonchev–Trinajstić information content (AvgIpc) is 3.64. The van der Waals surface area contributed by atoms with Gasteiger partial charge in [0.05, 0.1) is 43.7 Å². The van der Waals surface area contributed by atoms with Crippen LogP contribution >= 0.6 is 0 Å². The highest BCUT2D eigenvalue weighted by molar-refractivity contribution is 5.98. The number of rotatable bonds is 7. The fraction of sp³-hybridized carbons (Fsp3) is 0.407. The number of aromatic nitrogens is 3. The number of hydrogen-bond acceptors (Lipinski definition) is 10. The van der Waals surface area contributed by atoms with E-state index in [0.29, 0.717) is 12.1 Å². The van der Waals surface area contributed by atoms with Gasteiger partial charge in [-0.25, -0.2) is 22.2 Å². The molecule has 0 spiro atoms. The predicted octanol–water partition coefficient (Wildman–Crippen LogP) is 0.843. The summed E-state index contributed by atoms with van der Waals surface area (Å²) in [5, 5.41) is 48.8. The van der Waals surface area contributed by atoms with Crippen LogP contribution < -0.4 is 4.90 Å². The molecule has 0 radical (unpaired) electrons. The molecule has 5 rings (SSSR count). The normalized spacial score (nSPS) is 27.2. The Bertz CT molecular complexity index is 1530. The highest BCUT2D eigenvalue weighted by Crippen LogP contribution is 2.36. The Morgan fingerprint density at radius 2 is 1.88 bits per heavy atom. The summed E-state index contributed by atoms with van der Waals surface area (Å²) in [7, 11) is 1.20. The molecule has 0 unspecified atom stereocenters. The summed E-state index contributed by atoms with van der Waals surface area (Å²) >= 11 is 0. The van der Waals surface area contributed by atoms with Crippen LogP contribution in [0.15, 0.2) is 36.5 Å². The van der Waals surface area contributed by atoms with Crippen molar-refractivity contribution in [1.82, 2.24) is 15.0 Å². The molecule has 2 aromatic carbocycles. The third kappa shape index (κ3) is 5.70. The number of aliphatic hydroxyl groups excluding tert-OH is 3. The smallest absolute Gasteiger partial charge is 0.259 e. The molecule has 16 heteroatoms. The Kier molecular flexibility index (Phi) is 8.74. The van der Waals surface area contributed by atoms with Gasteiger partial charge in [0.2, 0.25) is 0 Å². The molecule has 3 N–H and O–H groups in total. The van der Waals surface area contributed by atoms with Gasteiger partial charge in [-0.3, -0.25) is 4.79 Å². The Balaban J connectivity index is 1.55. The number of benzene rings is 2. The van der Waals surface area contributed by atoms with Gasteiger partial charge in [0.25, 0.3) is 5.91 Å². The summed E-state index contributed by atoms with van der Waals surface area (Å²) in [6, 6.07) is 4.03. The van der Waals surface area contributed by atoms with Crippen LogP contribution in [0.1, 0.15) is 11.6 Å². The van der Waals surface area contributed by atoms with E-state index in [4.69, 9.17) is 14.2 Å². The molecule has 12 nitrogen and oxygen atoms in total. The number of halogens is 4. The Labute approximate surface area is 241 Å². The van der Waals surface area contributed by atoms with E-state index in [0.717, 1.165) is 21.7 Å². The van der Waals surface area contributed by atoms with E-state index in [1.165, 1.54) is 19.4 Å². The summed E-state index contributed by atoms with van der Waals surface area (Å²) in [6.45, 7) is -1.06. The molecule has 0 saturated carbocycles. The van der Waals surface area contributed by atoms with Gasteiger partial charge in [-0.1, -0.05) is 5.21 Å². The van der Waals surface area contributed by atoms with Gasteiger partial charge >= 0.3 is 0 Å². The van der Waals surface area contributed by atoms with Crippen LogP contribution in [0.5, 0.6) is 0 Å². The first kappa shape index (κ1) is 30.5. The van der Waals surface area contributed by atoms with E-state index in [1.54, 1.807) is 6.07 Å². The minimum Gasteiger partial charge on any atom is -0.394 e. The van der Waals surface area contributed by atoms with E-state index in [1.807, 2.05) is 0 Å². The van der Waals surface area contributed by atoms with Crippen molar-refractivity contribution >= 4 is 11.6 Å². The van der Waals surface area contributed by atoms with E-state index >= 15 is 0 Å². The zero-order chi connectivity index (χ0) is 31.0.